The number of nitrogens with one attached hydrogen (secondary N) is 1. The predicted molar refractivity (Wildman–Crippen MR) is 81.9 cm³/mol. The minimum Gasteiger partial charge on any atom is -0.382 e. The molecule has 21 heavy (non-hydrogen) atoms. The molecule has 106 valence electrons. The Morgan fingerprint density at radius 1 is 1.19 bits per heavy atom. The van der Waals surface area contributed by atoms with Gasteiger partial charge in [0.1, 0.15) is 17.4 Å². The van der Waals surface area contributed by atoms with Crippen LogP contribution in [-0.2, 0) is 0 Å². The van der Waals surface area contributed by atoms with Gasteiger partial charge in [0.2, 0.25) is 0 Å². The number of nitro groups is 1. The normalized spacial score (nSPS) is 9.76. The minimum atomic E-state index is -0.424. The lowest BCUT2D eigenvalue weighted by Crippen LogP contribution is -2.13. The Labute approximate surface area is 122 Å². The number of nitrogens with zero attached hydrogens (tertiary/aromatic N) is 3. The second kappa shape index (κ2) is 5.92. The van der Waals surface area contributed by atoms with Crippen LogP contribution in [0.3, 0.4) is 0 Å². The number of hydrogen-bond acceptors (Lipinski definition) is 5. The first-order valence-electron chi connectivity index (χ1n) is 6.28. The summed E-state index contributed by atoms with van der Waals surface area (Å²) in [6, 6.07) is 14.1. The van der Waals surface area contributed by atoms with Gasteiger partial charge in [0, 0.05) is 14.1 Å². The third kappa shape index (κ3) is 2.62. The zero-order valence-electron chi connectivity index (χ0n) is 11.7. The molecule has 2 rings (SSSR count). The van der Waals surface area contributed by atoms with Crippen molar-refractivity contribution in [3.8, 4) is 6.07 Å². The van der Waals surface area contributed by atoms with Crippen molar-refractivity contribution in [2.45, 2.75) is 0 Å². The zero-order chi connectivity index (χ0) is 15.4. The maximum Gasteiger partial charge on any atom is 0.315 e. The van der Waals surface area contributed by atoms with Gasteiger partial charge in [-0.2, -0.15) is 5.26 Å². The molecule has 0 fully saturated rings. The number of para-hydroxylation sites is 2. The first kappa shape index (κ1) is 14.3. The summed E-state index contributed by atoms with van der Waals surface area (Å²) in [5, 5.41) is 23.4. The van der Waals surface area contributed by atoms with Gasteiger partial charge in [-0.25, -0.2) is 0 Å². The molecule has 0 saturated heterocycles. The van der Waals surface area contributed by atoms with Crippen LogP contribution in [-0.4, -0.2) is 19.0 Å². The molecular formula is C15H14N4O2. The smallest absolute Gasteiger partial charge is 0.315 e. The van der Waals surface area contributed by atoms with E-state index in [9.17, 15) is 15.4 Å². The van der Waals surface area contributed by atoms with Crippen LogP contribution in [0.15, 0.2) is 42.5 Å². The highest BCUT2D eigenvalue weighted by atomic mass is 16.6. The van der Waals surface area contributed by atoms with E-state index in [1.165, 1.54) is 0 Å². The maximum atomic E-state index is 11.4. The Hall–Kier alpha value is -3.07. The Balaban J connectivity index is 2.61. The molecule has 6 nitrogen and oxygen atoms in total. The lowest BCUT2D eigenvalue weighted by atomic mass is 10.1. The SMILES string of the molecule is CNc1cccc(N(C)c2ccccc2C#N)c1[N+](=O)[O-]. The molecule has 0 atom stereocenters. The third-order valence-corrected chi connectivity index (χ3v) is 3.21. The van der Waals surface area contributed by atoms with Crippen LogP contribution in [0.1, 0.15) is 5.56 Å². The molecule has 2 aromatic rings. The van der Waals surface area contributed by atoms with Crippen LogP contribution in [0.2, 0.25) is 0 Å². The van der Waals surface area contributed by atoms with Gasteiger partial charge in [-0.15, -0.1) is 0 Å². The van der Waals surface area contributed by atoms with Gasteiger partial charge in [-0.3, -0.25) is 10.1 Å². The summed E-state index contributed by atoms with van der Waals surface area (Å²) in [6.45, 7) is 0. The predicted octanol–water partition coefficient (Wildman–Crippen LogP) is 3.28. The molecule has 6 heteroatoms. The van der Waals surface area contributed by atoms with Crippen molar-refractivity contribution in [2.24, 2.45) is 0 Å². The Morgan fingerprint density at radius 2 is 1.86 bits per heavy atom. The molecule has 1 N–H and O–H groups in total. The van der Waals surface area contributed by atoms with E-state index in [-0.39, 0.29) is 5.69 Å². The van der Waals surface area contributed by atoms with E-state index in [0.29, 0.717) is 22.6 Å². The van der Waals surface area contributed by atoms with Crippen LogP contribution in [0, 0.1) is 21.4 Å². The van der Waals surface area contributed by atoms with Crippen LogP contribution < -0.4 is 10.2 Å². The molecule has 0 radical (unpaired) electrons. The third-order valence-electron chi connectivity index (χ3n) is 3.21. The fourth-order valence-electron chi connectivity index (χ4n) is 2.19. The van der Waals surface area contributed by atoms with E-state index in [2.05, 4.69) is 11.4 Å². The number of hydrogen-bond donors (Lipinski definition) is 1. The van der Waals surface area contributed by atoms with Crippen molar-refractivity contribution in [3.05, 3.63) is 58.1 Å². The first-order chi connectivity index (χ1) is 10.1. The summed E-state index contributed by atoms with van der Waals surface area (Å²) < 4.78 is 0. The fourth-order valence-corrected chi connectivity index (χ4v) is 2.19. The van der Waals surface area contributed by atoms with Gasteiger partial charge in [-0.05, 0) is 24.3 Å². The summed E-state index contributed by atoms with van der Waals surface area (Å²) in [6.07, 6.45) is 0. The van der Waals surface area contributed by atoms with Crippen molar-refractivity contribution < 1.29 is 4.92 Å². The minimum absolute atomic E-state index is 0.0183. The summed E-state index contributed by atoms with van der Waals surface area (Å²) in [5.74, 6) is 0. The second-order valence-electron chi connectivity index (χ2n) is 4.37. The van der Waals surface area contributed by atoms with E-state index in [0.717, 1.165) is 0 Å². The number of benzene rings is 2. The standard InChI is InChI=1S/C15H14N4O2/c1-17-12-7-5-9-14(15(12)19(20)21)18(2)13-8-4-3-6-11(13)10-16/h3-9,17H,1-2H3. The van der Waals surface area contributed by atoms with E-state index in [1.807, 2.05) is 0 Å². The lowest BCUT2D eigenvalue weighted by molar-refractivity contribution is -0.383. The van der Waals surface area contributed by atoms with Gasteiger partial charge < -0.3 is 10.2 Å². The molecule has 0 aliphatic heterocycles. The molecule has 0 aliphatic rings. The van der Waals surface area contributed by atoms with Crippen LogP contribution >= 0.6 is 0 Å². The summed E-state index contributed by atoms with van der Waals surface area (Å²) in [7, 11) is 3.34. The maximum absolute atomic E-state index is 11.4. The Kier molecular flexibility index (Phi) is 4.05. The largest absolute Gasteiger partial charge is 0.382 e. The van der Waals surface area contributed by atoms with E-state index in [4.69, 9.17) is 0 Å². The number of nitriles is 1. The summed E-state index contributed by atoms with van der Waals surface area (Å²) in [4.78, 5) is 12.6. The van der Waals surface area contributed by atoms with Crippen LogP contribution in [0.5, 0.6) is 0 Å². The van der Waals surface area contributed by atoms with Gasteiger partial charge in [-0.1, -0.05) is 18.2 Å². The first-order valence-corrected chi connectivity index (χ1v) is 6.28. The molecule has 2 aromatic carbocycles. The van der Waals surface area contributed by atoms with Gasteiger partial charge >= 0.3 is 5.69 Å². The highest BCUT2D eigenvalue weighted by molar-refractivity contribution is 5.82. The molecule has 0 amide bonds. The number of rotatable bonds is 4. The lowest BCUT2D eigenvalue weighted by Gasteiger charge is -2.21. The fraction of sp³-hybridized carbons (Fsp3) is 0.133. The molecule has 0 spiro atoms. The summed E-state index contributed by atoms with van der Waals surface area (Å²) >= 11 is 0. The molecular weight excluding hydrogens is 268 g/mol. The molecule has 0 bridgehead atoms. The monoisotopic (exact) mass is 282 g/mol. The van der Waals surface area contributed by atoms with Crippen molar-refractivity contribution in [2.75, 3.05) is 24.3 Å². The average molecular weight is 282 g/mol. The van der Waals surface area contributed by atoms with Crippen molar-refractivity contribution in [3.63, 3.8) is 0 Å². The molecule has 0 saturated carbocycles. The average Bonchev–Trinajstić information content (AvgIpc) is 2.53. The summed E-state index contributed by atoms with van der Waals surface area (Å²) in [5.41, 5.74) is 1.92. The molecule has 0 aromatic heterocycles. The van der Waals surface area contributed by atoms with E-state index >= 15 is 0 Å². The van der Waals surface area contributed by atoms with Crippen LogP contribution in [0.25, 0.3) is 0 Å². The number of anilines is 3. The number of nitro benzene ring substituents is 1. The van der Waals surface area contributed by atoms with E-state index in [1.54, 1.807) is 61.5 Å². The van der Waals surface area contributed by atoms with Gasteiger partial charge in [0.15, 0.2) is 0 Å². The van der Waals surface area contributed by atoms with Gasteiger partial charge in [0.05, 0.1) is 16.2 Å². The highest BCUT2D eigenvalue weighted by Crippen LogP contribution is 2.38. The van der Waals surface area contributed by atoms with Gasteiger partial charge in [0.25, 0.3) is 0 Å². The zero-order valence-corrected chi connectivity index (χ0v) is 11.7. The van der Waals surface area contributed by atoms with E-state index < -0.39 is 4.92 Å². The second-order valence-corrected chi connectivity index (χ2v) is 4.37. The Morgan fingerprint density at radius 3 is 2.48 bits per heavy atom. The molecule has 0 heterocycles. The van der Waals surface area contributed by atoms with Crippen LogP contribution in [0.4, 0.5) is 22.7 Å². The van der Waals surface area contributed by atoms with Crippen molar-refractivity contribution >= 4 is 22.7 Å². The van der Waals surface area contributed by atoms with Crippen molar-refractivity contribution in [1.82, 2.24) is 0 Å². The molecule has 0 unspecified atom stereocenters. The topological polar surface area (TPSA) is 82.2 Å². The quantitative estimate of drug-likeness (QED) is 0.687. The highest BCUT2D eigenvalue weighted by Gasteiger charge is 2.23. The Bertz CT molecular complexity index is 722. The molecule has 0 aliphatic carbocycles. The van der Waals surface area contributed by atoms with Crippen molar-refractivity contribution in [1.29, 1.82) is 5.26 Å².